The van der Waals surface area contributed by atoms with Crippen LogP contribution >= 0.6 is 0 Å². The van der Waals surface area contributed by atoms with E-state index in [1.807, 2.05) is 70.9 Å². The summed E-state index contributed by atoms with van der Waals surface area (Å²) in [5.74, 6) is 7.31. The highest BCUT2D eigenvalue weighted by atomic mass is 15.3. The fourth-order valence-corrected chi connectivity index (χ4v) is 2.72. The Morgan fingerprint density at radius 3 is 2.60 bits per heavy atom. The number of rotatable bonds is 2. The molecule has 1 aromatic carbocycles. The lowest BCUT2D eigenvalue weighted by Crippen LogP contribution is -1.96. The van der Waals surface area contributed by atoms with Gasteiger partial charge in [-0.25, -0.2) is 9.50 Å². The molecule has 0 atom stereocenters. The molecule has 5 nitrogen and oxygen atoms in total. The molecule has 0 saturated carbocycles. The van der Waals surface area contributed by atoms with Crippen LogP contribution in [0.3, 0.4) is 0 Å². The van der Waals surface area contributed by atoms with Crippen LogP contribution in [0, 0.1) is 11.8 Å². The molecule has 3 aromatic heterocycles. The summed E-state index contributed by atoms with van der Waals surface area (Å²) in [6.07, 6.45) is 2.87. The van der Waals surface area contributed by atoms with E-state index in [0.717, 1.165) is 29.0 Å². The molecule has 25 heavy (non-hydrogen) atoms. The Hall–Kier alpha value is -3.39. The van der Waals surface area contributed by atoms with Gasteiger partial charge in [0.1, 0.15) is 0 Å². The third kappa shape index (κ3) is 2.90. The van der Waals surface area contributed by atoms with Gasteiger partial charge in [0.05, 0.1) is 5.69 Å². The second-order valence-electron chi connectivity index (χ2n) is 5.75. The SMILES string of the molecule is CCc1cccc2nc(C#Cc3nc(-c4ccccc4)cn3C)nn12. The van der Waals surface area contributed by atoms with E-state index in [9.17, 15) is 0 Å². The normalized spacial score (nSPS) is 10.6. The molecule has 122 valence electrons. The smallest absolute Gasteiger partial charge is 0.226 e. The number of nitrogens with zero attached hydrogens (tertiary/aromatic N) is 5. The van der Waals surface area contributed by atoms with Gasteiger partial charge in [-0.3, -0.25) is 0 Å². The summed E-state index contributed by atoms with van der Waals surface area (Å²) in [6, 6.07) is 16.0. The predicted molar refractivity (Wildman–Crippen MR) is 97.0 cm³/mol. The molecule has 0 N–H and O–H groups in total. The third-order valence-electron chi connectivity index (χ3n) is 4.03. The molecule has 0 amide bonds. The highest BCUT2D eigenvalue weighted by molar-refractivity contribution is 5.59. The van der Waals surface area contributed by atoms with E-state index in [2.05, 4.69) is 33.8 Å². The molecule has 0 spiro atoms. The van der Waals surface area contributed by atoms with Crippen molar-refractivity contribution >= 4 is 5.65 Å². The van der Waals surface area contributed by atoms with Crippen LogP contribution in [0.5, 0.6) is 0 Å². The first-order chi connectivity index (χ1) is 12.2. The standard InChI is InChI=1S/C20H17N5/c1-3-16-10-7-11-20-22-18(23-25(16)20)12-13-19-21-17(14-24(19)2)15-8-5-4-6-9-15/h4-11,14H,3H2,1-2H3. The molecule has 0 aliphatic rings. The number of imidazole rings is 1. The topological polar surface area (TPSA) is 48.0 Å². The lowest BCUT2D eigenvalue weighted by Gasteiger charge is -1.97. The Labute approximate surface area is 146 Å². The van der Waals surface area contributed by atoms with Crippen LogP contribution in [-0.2, 0) is 13.5 Å². The molecular weight excluding hydrogens is 310 g/mol. The van der Waals surface area contributed by atoms with Crippen LogP contribution in [0.25, 0.3) is 16.9 Å². The first-order valence-corrected chi connectivity index (χ1v) is 8.20. The molecule has 5 heteroatoms. The maximum absolute atomic E-state index is 4.61. The van der Waals surface area contributed by atoms with Crippen LogP contribution in [0.15, 0.2) is 54.7 Å². The van der Waals surface area contributed by atoms with E-state index in [0.29, 0.717) is 11.6 Å². The largest absolute Gasteiger partial charge is 0.327 e. The maximum atomic E-state index is 4.61. The second-order valence-corrected chi connectivity index (χ2v) is 5.75. The molecular formula is C20H17N5. The fraction of sp³-hybridized carbons (Fsp3) is 0.150. The van der Waals surface area contributed by atoms with Crippen molar-refractivity contribution in [3.8, 4) is 23.1 Å². The van der Waals surface area contributed by atoms with E-state index < -0.39 is 0 Å². The lowest BCUT2D eigenvalue weighted by molar-refractivity contribution is 0.860. The van der Waals surface area contributed by atoms with Gasteiger partial charge in [0.2, 0.25) is 5.82 Å². The highest BCUT2D eigenvalue weighted by Gasteiger charge is 2.06. The molecule has 4 aromatic rings. The Morgan fingerprint density at radius 2 is 1.80 bits per heavy atom. The van der Waals surface area contributed by atoms with Gasteiger partial charge >= 0.3 is 0 Å². The summed E-state index contributed by atoms with van der Waals surface area (Å²) in [5, 5.41) is 4.49. The zero-order valence-electron chi connectivity index (χ0n) is 14.1. The Morgan fingerprint density at radius 1 is 0.960 bits per heavy atom. The van der Waals surface area contributed by atoms with Gasteiger partial charge in [-0.05, 0) is 30.4 Å². The first-order valence-electron chi connectivity index (χ1n) is 8.20. The molecule has 0 saturated heterocycles. The number of aromatic nitrogens is 5. The van der Waals surface area contributed by atoms with Gasteiger partial charge in [-0.15, -0.1) is 5.10 Å². The van der Waals surface area contributed by atoms with Crippen LogP contribution < -0.4 is 0 Å². The van der Waals surface area contributed by atoms with Crippen molar-refractivity contribution in [3.63, 3.8) is 0 Å². The molecule has 0 aliphatic heterocycles. The first kappa shape index (κ1) is 15.2. The van der Waals surface area contributed by atoms with Gasteiger partial charge in [-0.1, -0.05) is 43.3 Å². The molecule has 0 aliphatic carbocycles. The van der Waals surface area contributed by atoms with Crippen LogP contribution in [0.4, 0.5) is 0 Å². The van der Waals surface area contributed by atoms with Gasteiger partial charge in [-0.2, -0.15) is 4.98 Å². The zero-order chi connectivity index (χ0) is 17.2. The quantitative estimate of drug-likeness (QED) is 0.532. The summed E-state index contributed by atoms with van der Waals surface area (Å²) in [4.78, 5) is 9.08. The molecule has 3 heterocycles. The van der Waals surface area contributed by atoms with Gasteiger partial charge < -0.3 is 4.57 Å². The molecule has 0 bridgehead atoms. The van der Waals surface area contributed by atoms with Crippen molar-refractivity contribution in [1.82, 2.24) is 24.1 Å². The summed E-state index contributed by atoms with van der Waals surface area (Å²) in [7, 11) is 1.94. The molecule has 0 unspecified atom stereocenters. The van der Waals surface area contributed by atoms with E-state index in [1.54, 1.807) is 0 Å². The minimum atomic E-state index is 0.505. The molecule has 4 rings (SSSR count). The summed E-state index contributed by atoms with van der Waals surface area (Å²) in [5.41, 5.74) is 3.91. The van der Waals surface area contributed by atoms with Crippen molar-refractivity contribution in [2.24, 2.45) is 7.05 Å². The van der Waals surface area contributed by atoms with Gasteiger partial charge in [0.15, 0.2) is 11.5 Å². The van der Waals surface area contributed by atoms with Gasteiger partial charge in [0, 0.05) is 24.5 Å². The number of pyridine rings is 1. The second kappa shape index (κ2) is 6.25. The van der Waals surface area contributed by atoms with Crippen molar-refractivity contribution in [1.29, 1.82) is 0 Å². The number of hydrogen-bond acceptors (Lipinski definition) is 3. The highest BCUT2D eigenvalue weighted by Crippen LogP contribution is 2.17. The van der Waals surface area contributed by atoms with E-state index in [-0.39, 0.29) is 0 Å². The van der Waals surface area contributed by atoms with Crippen LogP contribution in [0.1, 0.15) is 24.3 Å². The minimum absolute atomic E-state index is 0.505. The molecule has 0 radical (unpaired) electrons. The zero-order valence-corrected chi connectivity index (χ0v) is 14.1. The summed E-state index contributed by atoms with van der Waals surface area (Å²) in [6.45, 7) is 2.10. The average molecular weight is 327 g/mol. The summed E-state index contributed by atoms with van der Waals surface area (Å²) < 4.78 is 3.76. The van der Waals surface area contributed by atoms with Crippen LogP contribution in [0.2, 0.25) is 0 Å². The average Bonchev–Trinajstić information content (AvgIpc) is 3.23. The third-order valence-corrected chi connectivity index (χ3v) is 4.03. The number of aryl methyl sites for hydroxylation is 2. The maximum Gasteiger partial charge on any atom is 0.226 e. The van der Waals surface area contributed by atoms with Crippen molar-refractivity contribution in [2.45, 2.75) is 13.3 Å². The monoisotopic (exact) mass is 327 g/mol. The summed E-state index contributed by atoms with van der Waals surface area (Å²) >= 11 is 0. The lowest BCUT2D eigenvalue weighted by atomic mass is 10.2. The van der Waals surface area contributed by atoms with Crippen molar-refractivity contribution < 1.29 is 0 Å². The van der Waals surface area contributed by atoms with E-state index >= 15 is 0 Å². The number of hydrogen-bond donors (Lipinski definition) is 0. The predicted octanol–water partition coefficient (Wildman–Crippen LogP) is 3.09. The number of fused-ring (bicyclic) bond motifs is 1. The van der Waals surface area contributed by atoms with E-state index in [4.69, 9.17) is 0 Å². The minimum Gasteiger partial charge on any atom is -0.327 e. The van der Waals surface area contributed by atoms with Crippen molar-refractivity contribution in [3.05, 3.63) is 72.1 Å². The van der Waals surface area contributed by atoms with Crippen molar-refractivity contribution in [2.75, 3.05) is 0 Å². The van der Waals surface area contributed by atoms with Gasteiger partial charge in [0.25, 0.3) is 0 Å². The number of benzene rings is 1. The Kier molecular flexibility index (Phi) is 3.79. The Bertz CT molecular complexity index is 1090. The fourth-order valence-electron chi connectivity index (χ4n) is 2.72. The van der Waals surface area contributed by atoms with E-state index in [1.165, 1.54) is 0 Å². The molecule has 0 fully saturated rings. The Balaban J connectivity index is 1.69. The van der Waals surface area contributed by atoms with Crippen LogP contribution in [-0.4, -0.2) is 24.1 Å².